The van der Waals surface area contributed by atoms with E-state index in [1.165, 1.54) is 4.68 Å². The molecule has 4 aromatic rings. The average molecular weight is 657 g/mol. The maximum Gasteiger partial charge on any atom is 0.348 e. The predicted molar refractivity (Wildman–Crippen MR) is 186 cm³/mol. The van der Waals surface area contributed by atoms with E-state index in [-0.39, 0.29) is 30.6 Å². The number of hydrogen-bond donors (Lipinski definition) is 4. The predicted octanol–water partition coefficient (Wildman–Crippen LogP) is 3.21. The first-order valence-corrected chi connectivity index (χ1v) is 16.7. The van der Waals surface area contributed by atoms with Gasteiger partial charge >= 0.3 is 5.69 Å². The summed E-state index contributed by atoms with van der Waals surface area (Å²) in [7, 11) is 0. The van der Waals surface area contributed by atoms with Crippen molar-refractivity contribution in [2.75, 3.05) is 6.54 Å². The number of aromatic nitrogens is 3. The minimum Gasteiger partial charge on any atom is -0.399 e. The Hall–Kier alpha value is -5.47. The largest absolute Gasteiger partial charge is 0.399 e. The lowest BCUT2D eigenvalue weighted by molar-refractivity contribution is -0.131. The van der Waals surface area contributed by atoms with E-state index in [9.17, 15) is 19.6 Å². The molecule has 11 nitrogen and oxygen atoms in total. The van der Waals surface area contributed by atoms with Crippen LogP contribution in [0.4, 0.5) is 0 Å². The number of hydrogen-bond acceptors (Lipinski definition) is 7. The lowest BCUT2D eigenvalue weighted by Crippen LogP contribution is -2.46. The normalized spacial score (nSPS) is 22.6. The molecule has 250 valence electrons. The number of nitrogens with two attached hydrogens (primary N) is 2. The van der Waals surface area contributed by atoms with Crippen LogP contribution in [0.25, 0.3) is 11.4 Å². The lowest BCUT2D eigenvalue weighted by Gasteiger charge is -2.37. The molecule has 2 aliphatic carbocycles. The average Bonchev–Trinajstić information content (AvgIpc) is 3.62. The van der Waals surface area contributed by atoms with E-state index in [0.29, 0.717) is 48.0 Å². The van der Waals surface area contributed by atoms with Gasteiger partial charge in [0.25, 0.3) is 0 Å². The van der Waals surface area contributed by atoms with E-state index in [1.807, 2.05) is 68.4 Å². The Morgan fingerprint density at radius 1 is 1.06 bits per heavy atom. The van der Waals surface area contributed by atoms with E-state index in [2.05, 4.69) is 22.9 Å². The van der Waals surface area contributed by atoms with Crippen LogP contribution in [0.2, 0.25) is 0 Å². The third kappa shape index (κ3) is 5.62. The summed E-state index contributed by atoms with van der Waals surface area (Å²) in [6.07, 6.45) is 3.32. The van der Waals surface area contributed by atoms with Gasteiger partial charge in [0, 0.05) is 23.3 Å². The first-order valence-electron chi connectivity index (χ1n) is 16.7. The highest BCUT2D eigenvalue weighted by atomic mass is 16.2. The van der Waals surface area contributed by atoms with Crippen molar-refractivity contribution in [3.8, 4) is 11.8 Å². The second-order valence-corrected chi connectivity index (χ2v) is 13.8. The molecule has 1 saturated carbocycles. The first-order chi connectivity index (χ1) is 23.5. The third-order valence-electron chi connectivity index (χ3n) is 10.5. The molecule has 0 spiro atoms. The molecule has 1 aliphatic heterocycles. The summed E-state index contributed by atoms with van der Waals surface area (Å²) < 4.78 is 1.37. The smallest absolute Gasteiger partial charge is 0.348 e. The molecular formula is C38H40N8O3. The molecule has 3 aliphatic rings. The number of benzene rings is 3. The van der Waals surface area contributed by atoms with Gasteiger partial charge in [-0.25, -0.2) is 4.79 Å². The van der Waals surface area contributed by atoms with Gasteiger partial charge in [-0.05, 0) is 110 Å². The quantitative estimate of drug-likeness (QED) is 0.214. The van der Waals surface area contributed by atoms with Gasteiger partial charge in [0.1, 0.15) is 11.9 Å². The van der Waals surface area contributed by atoms with Gasteiger partial charge in [-0.15, -0.1) is 5.10 Å². The highest BCUT2D eigenvalue weighted by Gasteiger charge is 2.54. The van der Waals surface area contributed by atoms with E-state index in [1.54, 1.807) is 11.0 Å². The van der Waals surface area contributed by atoms with Crippen LogP contribution in [0.5, 0.6) is 0 Å². The molecule has 0 radical (unpaired) electrons. The molecule has 1 aromatic heterocycles. The zero-order chi connectivity index (χ0) is 34.6. The highest BCUT2D eigenvalue weighted by Crippen LogP contribution is 2.48. The third-order valence-corrected chi connectivity index (χ3v) is 10.5. The molecule has 2 amide bonds. The number of nitrogens with zero attached hydrogens (tertiary/aromatic N) is 4. The Morgan fingerprint density at radius 3 is 2.35 bits per heavy atom. The van der Waals surface area contributed by atoms with E-state index in [0.717, 1.165) is 46.2 Å². The topological polar surface area (TPSA) is 176 Å². The fourth-order valence-corrected chi connectivity index (χ4v) is 7.97. The van der Waals surface area contributed by atoms with Gasteiger partial charge in [0.2, 0.25) is 11.8 Å². The molecule has 1 saturated heterocycles. The summed E-state index contributed by atoms with van der Waals surface area (Å²) in [5, 5.41) is 18.1. The van der Waals surface area contributed by atoms with E-state index >= 15 is 0 Å². The molecule has 3 aromatic carbocycles. The van der Waals surface area contributed by atoms with Crippen molar-refractivity contribution in [3.05, 3.63) is 122 Å². The standard InChI is InChI=1S/C38H40N8O3/c1-21-4-10-29(11-5-21)46-37(49)43-36(44-46)38(18-22(2)42-20-34(47)45-30(19-39)16-28-17-33(28)45)31-12-8-24(23(3)40)14-25(31)6-7-26-15-27(35(41)48)9-13-32(26)38/h4-5,8-15,22,28,30,33,42H,3,6-7,16-18,20,40H2,1-2H3,(H2,41,48)(H,43,44,49)/t22-,28+,30?,33-,38?/m0/s1. The van der Waals surface area contributed by atoms with Gasteiger partial charge in [-0.2, -0.15) is 9.94 Å². The van der Waals surface area contributed by atoms with Crippen LogP contribution in [-0.4, -0.2) is 56.1 Å². The molecule has 2 fully saturated rings. The van der Waals surface area contributed by atoms with Crippen molar-refractivity contribution in [1.82, 2.24) is 25.0 Å². The summed E-state index contributed by atoms with van der Waals surface area (Å²) in [5.74, 6) is 0.235. The summed E-state index contributed by atoms with van der Waals surface area (Å²) in [6.45, 7) is 8.01. The second-order valence-electron chi connectivity index (χ2n) is 13.8. The van der Waals surface area contributed by atoms with Gasteiger partial charge in [0.15, 0.2) is 0 Å². The van der Waals surface area contributed by atoms with Crippen molar-refractivity contribution in [2.24, 2.45) is 17.4 Å². The number of carbonyl (C=O) groups excluding carboxylic acids is 2. The van der Waals surface area contributed by atoms with Crippen molar-refractivity contribution in [2.45, 2.75) is 69.5 Å². The Morgan fingerprint density at radius 2 is 1.71 bits per heavy atom. The number of carbonyl (C=O) groups is 2. The van der Waals surface area contributed by atoms with Crippen LogP contribution in [-0.2, 0) is 23.1 Å². The number of amides is 2. The van der Waals surface area contributed by atoms with Crippen LogP contribution < -0.4 is 22.5 Å². The number of nitrogens with one attached hydrogen (secondary N) is 2. The van der Waals surface area contributed by atoms with Crippen LogP contribution in [0.1, 0.15) is 75.7 Å². The number of aryl methyl sites for hydroxylation is 3. The number of fused-ring (bicyclic) bond motifs is 3. The Bertz CT molecular complexity index is 2020. The van der Waals surface area contributed by atoms with Gasteiger partial charge in [-0.3, -0.25) is 14.6 Å². The summed E-state index contributed by atoms with van der Waals surface area (Å²) >= 11 is 0. The zero-order valence-electron chi connectivity index (χ0n) is 27.7. The van der Waals surface area contributed by atoms with Crippen LogP contribution in [0.3, 0.4) is 0 Å². The number of primary amides is 1. The maximum absolute atomic E-state index is 13.7. The van der Waals surface area contributed by atoms with Crippen molar-refractivity contribution in [1.29, 1.82) is 5.26 Å². The SMILES string of the molecule is C=C(N)c1ccc2c(c1)CCc1cc(C(N)=O)ccc1C2(C[C@H](C)NCC(=O)N1C(C#N)C[C@@H]2C[C@@H]21)c1nn(-c2ccc(C)cc2)c(=O)[nH]1. The molecule has 2 unspecified atom stereocenters. The van der Waals surface area contributed by atoms with Gasteiger partial charge < -0.3 is 21.7 Å². The second kappa shape index (κ2) is 12.2. The molecule has 7 rings (SSSR count). The van der Waals surface area contributed by atoms with E-state index < -0.39 is 17.0 Å². The van der Waals surface area contributed by atoms with Crippen molar-refractivity contribution < 1.29 is 9.59 Å². The van der Waals surface area contributed by atoms with Crippen LogP contribution in [0.15, 0.2) is 72.0 Å². The fourth-order valence-electron chi connectivity index (χ4n) is 7.97. The number of nitriles is 1. The minimum atomic E-state index is -1.03. The number of piperidine rings is 1. The van der Waals surface area contributed by atoms with Gasteiger partial charge in [-0.1, -0.05) is 42.5 Å². The Kier molecular flexibility index (Phi) is 7.99. The number of rotatable bonds is 9. The zero-order valence-corrected chi connectivity index (χ0v) is 27.7. The number of likely N-dealkylation sites (tertiary alicyclic amines) is 1. The Labute approximate surface area is 284 Å². The first kappa shape index (κ1) is 32.1. The maximum atomic E-state index is 13.7. The molecular weight excluding hydrogens is 616 g/mol. The van der Waals surface area contributed by atoms with Crippen molar-refractivity contribution >= 4 is 17.5 Å². The Balaban J connectivity index is 1.37. The molecule has 5 atom stereocenters. The van der Waals surface area contributed by atoms with Crippen molar-refractivity contribution in [3.63, 3.8) is 0 Å². The van der Waals surface area contributed by atoms with Gasteiger partial charge in [0.05, 0.1) is 23.7 Å². The summed E-state index contributed by atoms with van der Waals surface area (Å²) in [5.41, 5.74) is 17.5. The summed E-state index contributed by atoms with van der Waals surface area (Å²) in [4.78, 5) is 44.4. The monoisotopic (exact) mass is 656 g/mol. The minimum absolute atomic E-state index is 0.0687. The molecule has 0 bridgehead atoms. The lowest BCUT2D eigenvalue weighted by atomic mass is 9.67. The fraction of sp³-hybridized carbons (Fsp3) is 0.342. The molecule has 11 heteroatoms. The number of H-pyrrole nitrogens is 1. The highest BCUT2D eigenvalue weighted by molar-refractivity contribution is 5.93. The van der Waals surface area contributed by atoms with E-state index in [4.69, 9.17) is 16.6 Å². The number of aromatic amines is 1. The molecule has 6 N–H and O–H groups in total. The van der Waals surface area contributed by atoms with Crippen LogP contribution >= 0.6 is 0 Å². The molecule has 49 heavy (non-hydrogen) atoms. The molecule has 2 heterocycles. The summed E-state index contributed by atoms with van der Waals surface area (Å²) in [6, 6.07) is 20.8. The van der Waals surface area contributed by atoms with Crippen LogP contribution in [0, 0.1) is 24.2 Å².